The normalized spacial score (nSPS) is 10.2. The summed E-state index contributed by atoms with van der Waals surface area (Å²) in [6, 6.07) is 12.9. The Bertz CT molecular complexity index is 619. The standard InChI is InChI=1S/C13H10BrIN2O2/c14-10-4-9(5-13(6-10)17(18)19)8-16-12-3-1-2-11(15)7-12/h1-7,16H,8H2. The van der Waals surface area contributed by atoms with E-state index in [1.807, 2.05) is 30.3 Å². The largest absolute Gasteiger partial charge is 0.381 e. The van der Waals surface area contributed by atoms with Gasteiger partial charge in [-0.1, -0.05) is 22.0 Å². The Morgan fingerprint density at radius 2 is 2.05 bits per heavy atom. The van der Waals surface area contributed by atoms with Gasteiger partial charge in [-0.3, -0.25) is 10.1 Å². The van der Waals surface area contributed by atoms with Gasteiger partial charge in [-0.15, -0.1) is 0 Å². The SMILES string of the molecule is O=[N+]([O-])c1cc(Br)cc(CNc2cccc(I)c2)c1. The van der Waals surface area contributed by atoms with E-state index in [1.165, 1.54) is 6.07 Å². The fraction of sp³-hybridized carbons (Fsp3) is 0.0769. The fourth-order valence-electron chi connectivity index (χ4n) is 1.64. The van der Waals surface area contributed by atoms with E-state index in [0.717, 1.165) is 14.8 Å². The van der Waals surface area contributed by atoms with Crippen molar-refractivity contribution in [2.75, 3.05) is 5.32 Å². The molecule has 1 N–H and O–H groups in total. The molecule has 0 bridgehead atoms. The van der Waals surface area contributed by atoms with Crippen molar-refractivity contribution in [2.24, 2.45) is 0 Å². The molecule has 0 fully saturated rings. The molecule has 0 spiro atoms. The summed E-state index contributed by atoms with van der Waals surface area (Å²) in [6.45, 7) is 0.542. The second-order valence-corrected chi connectivity index (χ2v) is 6.10. The molecule has 0 unspecified atom stereocenters. The molecule has 0 aliphatic rings. The van der Waals surface area contributed by atoms with E-state index in [4.69, 9.17) is 0 Å². The van der Waals surface area contributed by atoms with Crippen molar-refractivity contribution in [2.45, 2.75) is 6.54 Å². The highest BCUT2D eigenvalue weighted by molar-refractivity contribution is 14.1. The number of benzene rings is 2. The number of nitro benzene ring substituents is 1. The summed E-state index contributed by atoms with van der Waals surface area (Å²) in [5.74, 6) is 0. The third-order valence-corrected chi connectivity index (χ3v) is 3.60. The molecule has 19 heavy (non-hydrogen) atoms. The zero-order valence-electron chi connectivity index (χ0n) is 9.77. The quantitative estimate of drug-likeness (QED) is 0.437. The van der Waals surface area contributed by atoms with Gasteiger partial charge in [0.25, 0.3) is 5.69 Å². The molecule has 0 aromatic heterocycles. The number of anilines is 1. The molecule has 6 heteroatoms. The van der Waals surface area contributed by atoms with Gasteiger partial charge in [0.1, 0.15) is 0 Å². The molecule has 0 amide bonds. The summed E-state index contributed by atoms with van der Waals surface area (Å²) in [5.41, 5.74) is 1.95. The Balaban J connectivity index is 2.13. The van der Waals surface area contributed by atoms with Gasteiger partial charge < -0.3 is 5.32 Å². The van der Waals surface area contributed by atoms with E-state index in [2.05, 4.69) is 43.8 Å². The van der Waals surface area contributed by atoms with Crippen LogP contribution in [0.2, 0.25) is 0 Å². The molecule has 2 rings (SSSR count). The van der Waals surface area contributed by atoms with Crippen LogP contribution in [-0.4, -0.2) is 4.92 Å². The van der Waals surface area contributed by atoms with Crippen LogP contribution in [0.15, 0.2) is 46.9 Å². The second-order valence-electron chi connectivity index (χ2n) is 3.94. The van der Waals surface area contributed by atoms with Gasteiger partial charge in [-0.05, 0) is 52.4 Å². The van der Waals surface area contributed by atoms with E-state index in [0.29, 0.717) is 11.0 Å². The van der Waals surface area contributed by atoms with Crippen LogP contribution in [0.3, 0.4) is 0 Å². The highest BCUT2D eigenvalue weighted by Gasteiger charge is 2.08. The molecule has 0 radical (unpaired) electrons. The van der Waals surface area contributed by atoms with E-state index >= 15 is 0 Å². The Kier molecular flexibility index (Phi) is 4.76. The summed E-state index contributed by atoms with van der Waals surface area (Å²) >= 11 is 5.53. The summed E-state index contributed by atoms with van der Waals surface area (Å²) in [6.07, 6.45) is 0. The smallest absolute Gasteiger partial charge is 0.270 e. The van der Waals surface area contributed by atoms with Crippen LogP contribution in [0, 0.1) is 13.7 Å². The van der Waals surface area contributed by atoms with E-state index < -0.39 is 0 Å². The van der Waals surface area contributed by atoms with Gasteiger partial charge in [0.15, 0.2) is 0 Å². The van der Waals surface area contributed by atoms with Gasteiger partial charge in [0.05, 0.1) is 4.92 Å². The van der Waals surface area contributed by atoms with Crippen molar-refractivity contribution in [3.63, 3.8) is 0 Å². The highest BCUT2D eigenvalue weighted by atomic mass is 127. The van der Waals surface area contributed by atoms with Crippen molar-refractivity contribution >= 4 is 49.9 Å². The molecule has 98 valence electrons. The monoisotopic (exact) mass is 432 g/mol. The predicted octanol–water partition coefficient (Wildman–Crippen LogP) is 4.57. The maximum Gasteiger partial charge on any atom is 0.270 e. The van der Waals surface area contributed by atoms with Crippen LogP contribution >= 0.6 is 38.5 Å². The predicted molar refractivity (Wildman–Crippen MR) is 87.3 cm³/mol. The Morgan fingerprint density at radius 1 is 1.26 bits per heavy atom. The number of nitrogens with one attached hydrogen (secondary N) is 1. The number of rotatable bonds is 4. The van der Waals surface area contributed by atoms with Crippen molar-refractivity contribution < 1.29 is 4.92 Å². The summed E-state index contributed by atoms with van der Waals surface area (Å²) in [4.78, 5) is 10.4. The van der Waals surface area contributed by atoms with Crippen molar-refractivity contribution in [3.8, 4) is 0 Å². The van der Waals surface area contributed by atoms with Gasteiger partial charge in [-0.2, -0.15) is 0 Å². The Hall–Kier alpha value is -1.15. The molecule has 0 aliphatic carbocycles. The first-order valence-electron chi connectivity index (χ1n) is 5.48. The van der Waals surface area contributed by atoms with Gasteiger partial charge >= 0.3 is 0 Å². The number of halogens is 2. The van der Waals surface area contributed by atoms with Gasteiger partial charge in [-0.25, -0.2) is 0 Å². The van der Waals surface area contributed by atoms with Gasteiger partial charge in [0, 0.05) is 32.4 Å². The lowest BCUT2D eigenvalue weighted by molar-refractivity contribution is -0.385. The molecule has 0 atom stereocenters. The lowest BCUT2D eigenvalue weighted by Crippen LogP contribution is -2.00. The highest BCUT2D eigenvalue weighted by Crippen LogP contribution is 2.22. The lowest BCUT2D eigenvalue weighted by atomic mass is 10.2. The third kappa shape index (κ3) is 4.17. The van der Waals surface area contributed by atoms with Crippen LogP contribution in [0.1, 0.15) is 5.56 Å². The van der Waals surface area contributed by atoms with E-state index in [-0.39, 0.29) is 10.6 Å². The first-order valence-corrected chi connectivity index (χ1v) is 7.35. The third-order valence-electron chi connectivity index (χ3n) is 2.47. The Labute approximate surface area is 132 Å². The molecule has 0 aliphatic heterocycles. The zero-order valence-corrected chi connectivity index (χ0v) is 13.5. The van der Waals surface area contributed by atoms with Crippen LogP contribution < -0.4 is 5.32 Å². The summed E-state index contributed by atoms with van der Waals surface area (Å²) in [7, 11) is 0. The molecular weight excluding hydrogens is 423 g/mol. The molecule has 0 heterocycles. The average molecular weight is 433 g/mol. The zero-order chi connectivity index (χ0) is 13.8. The molecule has 4 nitrogen and oxygen atoms in total. The fourth-order valence-corrected chi connectivity index (χ4v) is 2.72. The van der Waals surface area contributed by atoms with Crippen molar-refractivity contribution in [1.82, 2.24) is 0 Å². The number of hydrogen-bond acceptors (Lipinski definition) is 3. The number of hydrogen-bond donors (Lipinski definition) is 1. The maximum atomic E-state index is 10.8. The van der Waals surface area contributed by atoms with Gasteiger partial charge in [0.2, 0.25) is 0 Å². The molecule has 2 aromatic rings. The van der Waals surface area contributed by atoms with E-state index in [9.17, 15) is 10.1 Å². The topological polar surface area (TPSA) is 55.2 Å². The average Bonchev–Trinajstić information content (AvgIpc) is 2.36. The van der Waals surface area contributed by atoms with Crippen LogP contribution in [-0.2, 0) is 6.54 Å². The Morgan fingerprint density at radius 3 is 2.74 bits per heavy atom. The lowest BCUT2D eigenvalue weighted by Gasteiger charge is -2.07. The molecule has 0 saturated carbocycles. The van der Waals surface area contributed by atoms with Crippen molar-refractivity contribution in [1.29, 1.82) is 0 Å². The number of nitrogens with zero attached hydrogens (tertiary/aromatic N) is 1. The van der Waals surface area contributed by atoms with Crippen LogP contribution in [0.5, 0.6) is 0 Å². The first kappa shape index (κ1) is 14.3. The molecule has 0 saturated heterocycles. The maximum absolute atomic E-state index is 10.8. The second kappa shape index (κ2) is 6.33. The first-order chi connectivity index (χ1) is 9.04. The molecular formula is C13H10BrIN2O2. The minimum atomic E-state index is -0.389. The number of non-ortho nitro benzene ring substituents is 1. The van der Waals surface area contributed by atoms with Crippen LogP contribution in [0.4, 0.5) is 11.4 Å². The van der Waals surface area contributed by atoms with E-state index in [1.54, 1.807) is 6.07 Å². The number of nitro groups is 1. The van der Waals surface area contributed by atoms with Crippen LogP contribution in [0.25, 0.3) is 0 Å². The minimum Gasteiger partial charge on any atom is -0.381 e. The summed E-state index contributed by atoms with van der Waals surface area (Å²) < 4.78 is 1.85. The van der Waals surface area contributed by atoms with Crippen molar-refractivity contribution in [3.05, 3.63) is 66.2 Å². The minimum absolute atomic E-state index is 0.0915. The molecule has 2 aromatic carbocycles. The summed E-state index contributed by atoms with van der Waals surface area (Å²) in [5, 5.41) is 14.0.